The predicted molar refractivity (Wildman–Crippen MR) is 74.7 cm³/mol. The maximum Gasteiger partial charge on any atom is 0.496 e. The minimum atomic E-state index is -0.550. The molecule has 4 nitrogen and oxygen atoms in total. The van der Waals surface area contributed by atoms with Crippen molar-refractivity contribution >= 4 is 30.5 Å². The Morgan fingerprint density at radius 2 is 1.89 bits per heavy atom. The van der Waals surface area contributed by atoms with Crippen molar-refractivity contribution in [1.29, 1.82) is 0 Å². The Kier molecular flexibility index (Phi) is 3.73. The fraction of sp³-hybridized carbons (Fsp3) is 0.538. The zero-order valence-corrected chi connectivity index (χ0v) is 12.3. The molecule has 2 rings (SSSR count). The molecule has 0 atom stereocenters. The number of hydrogen-bond acceptors (Lipinski definition) is 4. The van der Waals surface area contributed by atoms with Crippen molar-refractivity contribution in [1.82, 2.24) is 4.98 Å². The number of nitrogens with zero attached hydrogens (tertiary/aromatic N) is 1. The van der Waals surface area contributed by atoms with Crippen LogP contribution < -0.4 is 5.46 Å². The van der Waals surface area contributed by atoms with Crippen LogP contribution in [-0.4, -0.2) is 29.6 Å². The van der Waals surface area contributed by atoms with E-state index >= 15 is 0 Å². The molecule has 0 spiro atoms. The maximum atomic E-state index is 10.7. The van der Waals surface area contributed by atoms with Crippen molar-refractivity contribution in [2.75, 3.05) is 0 Å². The lowest BCUT2D eigenvalue weighted by atomic mass is 9.77. The average molecular weight is 282 g/mol. The smallest absolute Gasteiger partial charge is 0.399 e. The third kappa shape index (κ3) is 2.68. The number of carbonyl (C=O) groups is 1. The highest BCUT2D eigenvalue weighted by atomic mass is 35.5. The molecule has 1 fully saturated rings. The number of hydrogen-bond donors (Lipinski definition) is 0. The van der Waals surface area contributed by atoms with E-state index in [2.05, 4.69) is 4.98 Å². The third-order valence-electron chi connectivity index (χ3n) is 3.75. The average Bonchev–Trinajstić information content (AvgIpc) is 2.51. The minimum Gasteiger partial charge on any atom is -0.399 e. The summed E-state index contributed by atoms with van der Waals surface area (Å²) in [7, 11) is -0.550. The summed E-state index contributed by atoms with van der Waals surface area (Å²) in [6.07, 6.45) is 2.55. The Morgan fingerprint density at radius 3 is 2.42 bits per heavy atom. The fourth-order valence-electron chi connectivity index (χ4n) is 1.91. The maximum absolute atomic E-state index is 10.7. The van der Waals surface area contributed by atoms with Gasteiger partial charge in [-0.2, -0.15) is 0 Å². The summed E-state index contributed by atoms with van der Waals surface area (Å²) in [5.41, 5.74) is 0.493. The number of aromatic nitrogens is 1. The molecule has 1 aliphatic rings. The second kappa shape index (κ2) is 4.89. The minimum absolute atomic E-state index is 0.219. The molecule has 1 saturated heterocycles. The van der Waals surface area contributed by atoms with E-state index in [0.29, 0.717) is 10.7 Å². The van der Waals surface area contributed by atoms with E-state index in [1.807, 2.05) is 27.7 Å². The van der Waals surface area contributed by atoms with E-state index in [4.69, 9.17) is 20.9 Å². The zero-order valence-electron chi connectivity index (χ0n) is 11.6. The first-order chi connectivity index (χ1) is 8.77. The summed E-state index contributed by atoms with van der Waals surface area (Å²) in [6.45, 7) is 7.91. The SMILES string of the molecule is CC1(C)OB(c2cc(Cl)cnc2CC=O)OC1(C)C. The number of rotatable bonds is 3. The van der Waals surface area contributed by atoms with Gasteiger partial charge in [0, 0.05) is 23.8 Å². The van der Waals surface area contributed by atoms with Crippen LogP contribution in [0.15, 0.2) is 12.3 Å². The highest BCUT2D eigenvalue weighted by Gasteiger charge is 2.52. The van der Waals surface area contributed by atoms with Gasteiger partial charge in [0.2, 0.25) is 0 Å². The van der Waals surface area contributed by atoms with Gasteiger partial charge in [-0.1, -0.05) is 11.6 Å². The summed E-state index contributed by atoms with van der Waals surface area (Å²) in [5, 5.41) is 0.499. The van der Waals surface area contributed by atoms with Crippen molar-refractivity contribution in [2.24, 2.45) is 0 Å². The molecule has 102 valence electrons. The second-order valence-electron chi connectivity index (χ2n) is 5.65. The topological polar surface area (TPSA) is 48.4 Å². The van der Waals surface area contributed by atoms with Crippen LogP contribution in [0.3, 0.4) is 0 Å². The molecule has 0 bridgehead atoms. The van der Waals surface area contributed by atoms with E-state index in [9.17, 15) is 4.79 Å². The summed E-state index contributed by atoms with van der Waals surface area (Å²) in [4.78, 5) is 14.9. The van der Waals surface area contributed by atoms with Crippen molar-refractivity contribution in [3.8, 4) is 0 Å². The molecule has 19 heavy (non-hydrogen) atoms. The van der Waals surface area contributed by atoms with Gasteiger partial charge >= 0.3 is 7.12 Å². The Morgan fingerprint density at radius 1 is 1.32 bits per heavy atom. The molecule has 0 unspecified atom stereocenters. The van der Waals surface area contributed by atoms with Crippen LogP contribution in [0.1, 0.15) is 33.4 Å². The van der Waals surface area contributed by atoms with Gasteiger partial charge in [-0.05, 0) is 33.8 Å². The summed E-state index contributed by atoms with van der Waals surface area (Å²) in [5.74, 6) is 0. The molecule has 1 aromatic heterocycles. The largest absolute Gasteiger partial charge is 0.496 e. The molecule has 6 heteroatoms. The van der Waals surface area contributed by atoms with Crippen molar-refractivity contribution in [3.05, 3.63) is 23.0 Å². The summed E-state index contributed by atoms with van der Waals surface area (Å²) < 4.78 is 11.9. The predicted octanol–water partition coefficient (Wildman–Crippen LogP) is 1.78. The molecule has 2 heterocycles. The van der Waals surface area contributed by atoms with Crippen LogP contribution in [0.4, 0.5) is 0 Å². The van der Waals surface area contributed by atoms with Gasteiger partial charge < -0.3 is 14.1 Å². The lowest BCUT2D eigenvalue weighted by Crippen LogP contribution is -2.41. The van der Waals surface area contributed by atoms with Gasteiger partial charge in [-0.3, -0.25) is 4.98 Å². The van der Waals surface area contributed by atoms with Crippen LogP contribution in [0.5, 0.6) is 0 Å². The molecular weight excluding hydrogens is 264 g/mol. The summed E-state index contributed by atoms with van der Waals surface area (Å²) in [6, 6.07) is 1.75. The van der Waals surface area contributed by atoms with Crippen LogP contribution in [-0.2, 0) is 20.5 Å². The van der Waals surface area contributed by atoms with Crippen LogP contribution in [0, 0.1) is 0 Å². The van der Waals surface area contributed by atoms with Crippen molar-refractivity contribution < 1.29 is 14.1 Å². The van der Waals surface area contributed by atoms with E-state index in [1.165, 1.54) is 6.20 Å². The highest BCUT2D eigenvalue weighted by Crippen LogP contribution is 2.36. The van der Waals surface area contributed by atoms with E-state index in [1.54, 1.807) is 6.07 Å². The Balaban J connectivity index is 2.38. The van der Waals surface area contributed by atoms with E-state index < -0.39 is 18.3 Å². The van der Waals surface area contributed by atoms with Crippen LogP contribution in [0.2, 0.25) is 5.02 Å². The number of halogens is 1. The Bertz CT molecular complexity index is 489. The fourth-order valence-corrected chi connectivity index (χ4v) is 2.07. The van der Waals surface area contributed by atoms with Gasteiger partial charge in [-0.15, -0.1) is 0 Å². The molecular formula is C13H17BClNO3. The van der Waals surface area contributed by atoms with E-state index in [-0.39, 0.29) is 6.42 Å². The van der Waals surface area contributed by atoms with Gasteiger partial charge in [0.05, 0.1) is 16.2 Å². The molecule has 0 amide bonds. The lowest BCUT2D eigenvalue weighted by Gasteiger charge is -2.32. The number of aldehydes is 1. The van der Waals surface area contributed by atoms with Crippen molar-refractivity contribution in [2.45, 2.75) is 45.3 Å². The van der Waals surface area contributed by atoms with Gasteiger partial charge in [0.15, 0.2) is 0 Å². The van der Waals surface area contributed by atoms with Gasteiger partial charge in [0.25, 0.3) is 0 Å². The molecule has 0 radical (unpaired) electrons. The third-order valence-corrected chi connectivity index (χ3v) is 3.96. The molecule has 0 aliphatic carbocycles. The van der Waals surface area contributed by atoms with E-state index in [0.717, 1.165) is 11.7 Å². The monoisotopic (exact) mass is 281 g/mol. The second-order valence-corrected chi connectivity index (χ2v) is 6.08. The normalized spacial score (nSPS) is 20.6. The van der Waals surface area contributed by atoms with Crippen molar-refractivity contribution in [3.63, 3.8) is 0 Å². The number of pyridine rings is 1. The van der Waals surface area contributed by atoms with Crippen LogP contribution in [0.25, 0.3) is 0 Å². The van der Waals surface area contributed by atoms with Crippen LogP contribution >= 0.6 is 11.6 Å². The molecule has 0 aromatic carbocycles. The molecule has 0 N–H and O–H groups in total. The summed E-state index contributed by atoms with van der Waals surface area (Å²) >= 11 is 5.98. The zero-order chi connectivity index (χ0) is 14.3. The first-order valence-electron chi connectivity index (χ1n) is 6.20. The molecule has 1 aromatic rings. The number of carbonyl (C=O) groups excluding carboxylic acids is 1. The molecule has 1 aliphatic heterocycles. The van der Waals surface area contributed by atoms with Gasteiger partial charge in [-0.25, -0.2) is 0 Å². The standard InChI is InChI=1S/C13H17BClNO3/c1-12(2)13(3,4)19-14(18-12)10-7-9(15)8-16-11(10)5-6-17/h6-8H,5H2,1-4H3. The Labute approximate surface area is 118 Å². The highest BCUT2D eigenvalue weighted by molar-refractivity contribution is 6.63. The van der Waals surface area contributed by atoms with Gasteiger partial charge in [0.1, 0.15) is 6.29 Å². The lowest BCUT2D eigenvalue weighted by molar-refractivity contribution is -0.107. The first kappa shape index (κ1) is 14.5. The first-order valence-corrected chi connectivity index (χ1v) is 6.58. The quantitative estimate of drug-likeness (QED) is 0.626. The Hall–Kier alpha value is -0.905. The molecule has 0 saturated carbocycles.